The van der Waals surface area contributed by atoms with E-state index in [1.54, 1.807) is 26.4 Å². The molecule has 3 heteroatoms. The van der Waals surface area contributed by atoms with Crippen molar-refractivity contribution in [1.82, 2.24) is 0 Å². The highest BCUT2D eigenvalue weighted by Gasteiger charge is 2.06. The average Bonchev–Trinajstić information content (AvgIpc) is 2.28. The van der Waals surface area contributed by atoms with Crippen LogP contribution in [0.4, 0.5) is 0 Å². The molecule has 1 rings (SSSR count). The first-order chi connectivity index (χ1) is 7.21. The van der Waals surface area contributed by atoms with Gasteiger partial charge in [-0.2, -0.15) is 0 Å². The zero-order valence-electron chi connectivity index (χ0n) is 8.95. The van der Waals surface area contributed by atoms with E-state index in [-0.39, 0.29) is 5.78 Å². The van der Waals surface area contributed by atoms with E-state index >= 15 is 0 Å². The van der Waals surface area contributed by atoms with Crippen molar-refractivity contribution in [3.05, 3.63) is 36.4 Å². The summed E-state index contributed by atoms with van der Waals surface area (Å²) in [6.45, 7) is 3.43. The Morgan fingerprint density at radius 3 is 2.53 bits per heavy atom. The zero-order chi connectivity index (χ0) is 11.3. The van der Waals surface area contributed by atoms with E-state index in [1.807, 2.05) is 6.07 Å². The van der Waals surface area contributed by atoms with Crippen LogP contribution in [0.3, 0.4) is 0 Å². The van der Waals surface area contributed by atoms with Gasteiger partial charge in [-0.05, 0) is 23.8 Å². The molecule has 15 heavy (non-hydrogen) atoms. The van der Waals surface area contributed by atoms with E-state index in [9.17, 15) is 4.79 Å². The highest BCUT2D eigenvalue weighted by molar-refractivity contribution is 5.90. The van der Waals surface area contributed by atoms with Crippen molar-refractivity contribution in [3.63, 3.8) is 0 Å². The number of carbonyl (C=O) groups is 1. The lowest BCUT2D eigenvalue weighted by atomic mass is 10.1. The number of methoxy groups -OCH3 is 2. The Morgan fingerprint density at radius 1 is 1.33 bits per heavy atom. The number of hydrogen-bond donors (Lipinski definition) is 0. The maximum atomic E-state index is 11.1. The number of ketones is 1. The lowest BCUT2D eigenvalue weighted by molar-refractivity contribution is -0.114. The molecule has 1 aromatic carbocycles. The maximum absolute atomic E-state index is 11.1. The van der Waals surface area contributed by atoms with Crippen LogP contribution in [0.2, 0.25) is 0 Å². The molecule has 0 amide bonds. The Kier molecular flexibility index (Phi) is 3.92. The second-order valence-electron chi connectivity index (χ2n) is 3.04. The van der Waals surface area contributed by atoms with E-state index in [2.05, 4.69) is 6.58 Å². The molecule has 0 aliphatic heterocycles. The summed E-state index contributed by atoms with van der Waals surface area (Å²) in [4.78, 5) is 11.1. The summed E-state index contributed by atoms with van der Waals surface area (Å²) in [5.41, 5.74) is 0.887. The summed E-state index contributed by atoms with van der Waals surface area (Å²) < 4.78 is 10.2. The van der Waals surface area contributed by atoms with Gasteiger partial charge in [-0.25, -0.2) is 0 Å². The normalized spacial score (nSPS) is 9.47. The third kappa shape index (κ3) is 2.84. The van der Waals surface area contributed by atoms with Gasteiger partial charge in [0.2, 0.25) is 0 Å². The third-order valence-corrected chi connectivity index (χ3v) is 2.05. The van der Waals surface area contributed by atoms with E-state index in [4.69, 9.17) is 9.47 Å². The van der Waals surface area contributed by atoms with Gasteiger partial charge >= 0.3 is 0 Å². The van der Waals surface area contributed by atoms with Crippen LogP contribution in [0, 0.1) is 0 Å². The first-order valence-electron chi connectivity index (χ1n) is 4.57. The van der Waals surface area contributed by atoms with Crippen molar-refractivity contribution < 1.29 is 14.3 Å². The molecule has 0 aromatic heterocycles. The largest absolute Gasteiger partial charge is 0.493 e. The van der Waals surface area contributed by atoms with Crippen molar-refractivity contribution >= 4 is 5.78 Å². The molecule has 0 unspecified atom stereocenters. The van der Waals surface area contributed by atoms with E-state index in [1.165, 1.54) is 6.08 Å². The molecular formula is C12H14O3. The Balaban J connectivity index is 2.92. The summed E-state index contributed by atoms with van der Waals surface area (Å²) in [6, 6.07) is 5.41. The molecule has 0 aliphatic carbocycles. The van der Waals surface area contributed by atoms with Gasteiger partial charge in [0.15, 0.2) is 17.3 Å². The molecule has 0 spiro atoms. The van der Waals surface area contributed by atoms with E-state index in [0.29, 0.717) is 17.9 Å². The number of allylic oxidation sites excluding steroid dienone is 1. The maximum Gasteiger partial charge on any atom is 0.161 e. The quantitative estimate of drug-likeness (QED) is 0.691. The highest BCUT2D eigenvalue weighted by Crippen LogP contribution is 2.27. The topological polar surface area (TPSA) is 35.5 Å². The minimum atomic E-state index is -0.0118. The first-order valence-corrected chi connectivity index (χ1v) is 4.57. The zero-order valence-corrected chi connectivity index (χ0v) is 8.95. The van der Waals surface area contributed by atoms with E-state index < -0.39 is 0 Å². The molecule has 1 aromatic rings. The van der Waals surface area contributed by atoms with Crippen LogP contribution < -0.4 is 9.47 Å². The molecule has 0 bridgehead atoms. The molecule has 0 heterocycles. The van der Waals surface area contributed by atoms with Crippen molar-refractivity contribution in [2.24, 2.45) is 0 Å². The first kappa shape index (κ1) is 11.3. The SMILES string of the molecule is C=CC(=O)Cc1ccc(OC)c(OC)c1. The molecule has 0 aliphatic rings. The minimum Gasteiger partial charge on any atom is -0.493 e. The minimum absolute atomic E-state index is 0.0118. The van der Waals surface area contributed by atoms with Crippen LogP contribution in [-0.4, -0.2) is 20.0 Å². The molecule has 0 radical (unpaired) electrons. The van der Waals surface area contributed by atoms with E-state index in [0.717, 1.165) is 5.56 Å². The summed E-state index contributed by atoms with van der Waals surface area (Å²) >= 11 is 0. The van der Waals surface area contributed by atoms with Gasteiger partial charge in [0, 0.05) is 6.42 Å². The molecular weight excluding hydrogens is 192 g/mol. The number of hydrogen-bond acceptors (Lipinski definition) is 3. The number of ether oxygens (including phenoxy) is 2. The molecule has 0 N–H and O–H groups in total. The van der Waals surface area contributed by atoms with Gasteiger partial charge in [0.05, 0.1) is 14.2 Å². The standard InChI is InChI=1S/C12H14O3/c1-4-10(13)7-9-5-6-11(14-2)12(8-9)15-3/h4-6,8H,1,7H2,2-3H3. The lowest BCUT2D eigenvalue weighted by Gasteiger charge is -2.08. The summed E-state index contributed by atoms with van der Waals surface area (Å²) in [5, 5.41) is 0. The number of rotatable bonds is 5. The van der Waals surface area contributed by atoms with Gasteiger partial charge < -0.3 is 9.47 Å². The summed E-state index contributed by atoms with van der Waals surface area (Å²) in [5.74, 6) is 1.28. The fourth-order valence-corrected chi connectivity index (χ4v) is 1.26. The smallest absolute Gasteiger partial charge is 0.161 e. The highest BCUT2D eigenvalue weighted by atomic mass is 16.5. The van der Waals surface area contributed by atoms with Gasteiger partial charge in [-0.1, -0.05) is 12.6 Å². The van der Waals surface area contributed by atoms with Crippen molar-refractivity contribution in [1.29, 1.82) is 0 Å². The molecule has 80 valence electrons. The average molecular weight is 206 g/mol. The summed E-state index contributed by atoms with van der Waals surface area (Å²) in [7, 11) is 3.14. The second-order valence-corrected chi connectivity index (χ2v) is 3.04. The van der Waals surface area contributed by atoms with Crippen molar-refractivity contribution in [2.45, 2.75) is 6.42 Å². The molecule has 0 saturated carbocycles. The van der Waals surface area contributed by atoms with Crippen LogP contribution in [-0.2, 0) is 11.2 Å². The van der Waals surface area contributed by atoms with Gasteiger partial charge in [0.25, 0.3) is 0 Å². The number of benzene rings is 1. The second kappa shape index (κ2) is 5.20. The van der Waals surface area contributed by atoms with Gasteiger partial charge in [0.1, 0.15) is 0 Å². The lowest BCUT2D eigenvalue weighted by Crippen LogP contribution is -1.99. The summed E-state index contributed by atoms with van der Waals surface area (Å²) in [6.07, 6.45) is 1.65. The van der Waals surface area contributed by atoms with Gasteiger partial charge in [-0.3, -0.25) is 4.79 Å². The molecule has 0 atom stereocenters. The Morgan fingerprint density at radius 2 is 2.00 bits per heavy atom. The Hall–Kier alpha value is -1.77. The van der Waals surface area contributed by atoms with Crippen molar-refractivity contribution in [3.8, 4) is 11.5 Å². The van der Waals surface area contributed by atoms with Crippen LogP contribution in [0.1, 0.15) is 5.56 Å². The predicted molar refractivity (Wildman–Crippen MR) is 58.5 cm³/mol. The molecule has 0 saturated heterocycles. The third-order valence-electron chi connectivity index (χ3n) is 2.05. The predicted octanol–water partition coefficient (Wildman–Crippen LogP) is 2.00. The van der Waals surface area contributed by atoms with Crippen LogP contribution in [0.5, 0.6) is 11.5 Å². The molecule has 3 nitrogen and oxygen atoms in total. The number of carbonyl (C=O) groups excluding carboxylic acids is 1. The van der Waals surface area contributed by atoms with Crippen LogP contribution in [0.25, 0.3) is 0 Å². The van der Waals surface area contributed by atoms with Gasteiger partial charge in [-0.15, -0.1) is 0 Å². The fourth-order valence-electron chi connectivity index (χ4n) is 1.26. The Bertz CT molecular complexity index is 369. The van der Waals surface area contributed by atoms with Crippen LogP contribution >= 0.6 is 0 Å². The Labute approximate surface area is 89.3 Å². The van der Waals surface area contributed by atoms with Crippen LogP contribution in [0.15, 0.2) is 30.9 Å². The fraction of sp³-hybridized carbons (Fsp3) is 0.250. The molecule has 0 fully saturated rings. The monoisotopic (exact) mass is 206 g/mol. The van der Waals surface area contributed by atoms with Crippen molar-refractivity contribution in [2.75, 3.05) is 14.2 Å².